The third-order valence-electron chi connectivity index (χ3n) is 22.6. The van der Waals surface area contributed by atoms with Crippen molar-refractivity contribution in [3.8, 4) is 46.0 Å². The second-order valence-electron chi connectivity index (χ2n) is 43.8. The Hall–Kier alpha value is -7.84. The molecule has 0 heterocycles. The van der Waals surface area contributed by atoms with Gasteiger partial charge in [0.1, 0.15) is 46.0 Å². The number of aryl methyl sites for hydroxylation is 6. The first-order valence-corrected chi connectivity index (χ1v) is 41.8. The minimum absolute atomic E-state index is 0.121. The van der Waals surface area contributed by atoms with Crippen molar-refractivity contribution in [3.05, 3.63) is 231 Å². The van der Waals surface area contributed by atoms with Gasteiger partial charge in [0.05, 0.1) is 0 Å². The summed E-state index contributed by atoms with van der Waals surface area (Å²) in [4.78, 5) is 0. The van der Waals surface area contributed by atoms with E-state index in [1.807, 2.05) is 24.3 Å². The van der Waals surface area contributed by atoms with E-state index in [0.29, 0.717) is 58.8 Å². The van der Waals surface area contributed by atoms with Gasteiger partial charge in [0.15, 0.2) is 0 Å². The molecular formula is C105H154O8. The first kappa shape index (κ1) is 95.7. The second kappa shape index (κ2) is 34.5. The Balaban J connectivity index is 0.000000271. The molecule has 0 amide bonds. The van der Waals surface area contributed by atoms with E-state index in [1.54, 1.807) is 0 Å². The first-order chi connectivity index (χ1) is 50.9. The van der Waals surface area contributed by atoms with Crippen LogP contribution in [0.5, 0.6) is 46.0 Å². The molecule has 0 aromatic heterocycles. The molecule has 8 N–H and O–H groups in total. The summed E-state index contributed by atoms with van der Waals surface area (Å²) in [6.07, 6.45) is 5.00. The molecule has 8 aromatic carbocycles. The molecule has 0 radical (unpaired) electrons. The zero-order valence-electron chi connectivity index (χ0n) is 78.1. The Labute approximate surface area is 687 Å². The van der Waals surface area contributed by atoms with Crippen molar-refractivity contribution in [2.75, 3.05) is 0 Å². The van der Waals surface area contributed by atoms with Crippen LogP contribution in [0.1, 0.15) is 395 Å². The van der Waals surface area contributed by atoms with E-state index >= 15 is 0 Å². The highest BCUT2D eigenvalue weighted by Crippen LogP contribution is 2.50. The SMILES string of the molecule is CC(C)(C)c1cc(C(C)(C)c2cc(C(C)(C)C)c(O)c(C(C)(C)C)c2)cc(C(C)(C)C)c1O.CCCC(c1cc(C(C)(C)C)c(O)cc1C)c1cc(C(C)(C)C)c(O)cc1C.CCc1cc(Cc2cc(CC)cc(C(C)(C)C)c2O)c(O)c(C(C)(C)C)c1.Cc1cc(Cc2cc(C)cc(C(C)(C)C)c2O)c(O)c(C(C)(C)C)c1. The largest absolute Gasteiger partial charge is 0.508 e. The molecular weight excluding hydrogens is 1390 g/mol. The quantitative estimate of drug-likeness (QED) is 0.0600. The van der Waals surface area contributed by atoms with Gasteiger partial charge in [0.25, 0.3) is 0 Å². The van der Waals surface area contributed by atoms with Crippen molar-refractivity contribution >= 4 is 0 Å². The summed E-state index contributed by atoms with van der Waals surface area (Å²) in [6, 6.07) is 33.5. The van der Waals surface area contributed by atoms with Crippen LogP contribution in [0.3, 0.4) is 0 Å². The Bertz CT molecular complexity index is 4300. The number of hydrogen-bond donors (Lipinski definition) is 8. The number of phenols is 8. The maximum atomic E-state index is 11.2. The molecule has 0 fully saturated rings. The summed E-state index contributed by atoms with van der Waals surface area (Å²) in [5.41, 5.74) is 23.3. The molecule has 0 unspecified atom stereocenters. The first-order valence-electron chi connectivity index (χ1n) is 41.8. The van der Waals surface area contributed by atoms with E-state index in [4.69, 9.17) is 0 Å². The van der Waals surface area contributed by atoms with Gasteiger partial charge < -0.3 is 40.9 Å². The zero-order chi connectivity index (χ0) is 87.1. The molecule has 0 aliphatic heterocycles. The molecule has 0 saturated heterocycles. The summed E-state index contributed by atoms with van der Waals surface area (Å²) in [5.74, 6) is 3.22. The maximum absolute atomic E-state index is 11.2. The van der Waals surface area contributed by atoms with Gasteiger partial charge in [-0.05, 0) is 236 Å². The van der Waals surface area contributed by atoms with E-state index < -0.39 is 0 Å². The summed E-state index contributed by atoms with van der Waals surface area (Å²) in [6.45, 7) is 83.3. The summed E-state index contributed by atoms with van der Waals surface area (Å²) >= 11 is 0. The lowest BCUT2D eigenvalue weighted by molar-refractivity contribution is 0.419. The Morgan fingerprint density at radius 2 is 0.469 bits per heavy atom. The number of benzene rings is 8. The van der Waals surface area contributed by atoms with Crippen LogP contribution in [0.2, 0.25) is 0 Å². The molecule has 8 aromatic rings. The van der Waals surface area contributed by atoms with E-state index in [1.165, 1.54) is 33.4 Å². The zero-order valence-corrected chi connectivity index (χ0v) is 78.1. The van der Waals surface area contributed by atoms with E-state index in [2.05, 4.69) is 343 Å². The van der Waals surface area contributed by atoms with Crippen molar-refractivity contribution in [1.29, 1.82) is 0 Å². The number of aromatic hydroxyl groups is 8. The van der Waals surface area contributed by atoms with Crippen LogP contribution in [-0.2, 0) is 85.2 Å². The molecule has 0 aliphatic rings. The van der Waals surface area contributed by atoms with Crippen LogP contribution in [0.15, 0.2) is 97.1 Å². The lowest BCUT2D eigenvalue weighted by atomic mass is 9.69. The molecule has 113 heavy (non-hydrogen) atoms. The molecule has 0 atom stereocenters. The molecule has 8 nitrogen and oxygen atoms in total. The van der Waals surface area contributed by atoms with E-state index in [9.17, 15) is 40.9 Å². The average Bonchev–Trinajstić information content (AvgIpc) is 0.748. The van der Waals surface area contributed by atoms with Crippen LogP contribution in [0.25, 0.3) is 0 Å². The highest BCUT2D eigenvalue weighted by atomic mass is 16.3. The fourth-order valence-electron chi connectivity index (χ4n) is 15.5. The van der Waals surface area contributed by atoms with Gasteiger partial charge in [-0.25, -0.2) is 0 Å². The summed E-state index contributed by atoms with van der Waals surface area (Å²) in [5, 5.41) is 87.1. The lowest BCUT2D eigenvalue weighted by Gasteiger charge is -2.35. The predicted molar refractivity (Wildman–Crippen MR) is 484 cm³/mol. The molecule has 622 valence electrons. The van der Waals surface area contributed by atoms with E-state index in [-0.39, 0.29) is 65.5 Å². The van der Waals surface area contributed by atoms with E-state index in [0.717, 1.165) is 126 Å². The molecule has 0 spiro atoms. The highest BCUT2D eigenvalue weighted by Gasteiger charge is 2.37. The fourth-order valence-corrected chi connectivity index (χ4v) is 15.5. The number of rotatable bonds is 12. The van der Waals surface area contributed by atoms with Crippen LogP contribution < -0.4 is 0 Å². The maximum Gasteiger partial charge on any atom is 0.123 e. The minimum atomic E-state index is -0.318. The van der Waals surface area contributed by atoms with Crippen LogP contribution in [0, 0.1) is 27.7 Å². The minimum Gasteiger partial charge on any atom is -0.508 e. The van der Waals surface area contributed by atoms with Crippen LogP contribution in [-0.4, -0.2) is 40.9 Å². The Morgan fingerprint density at radius 1 is 0.248 bits per heavy atom. The fraction of sp³-hybridized carbons (Fsp3) is 0.543. The molecule has 0 aliphatic carbocycles. The second-order valence-corrected chi connectivity index (χ2v) is 43.8. The van der Waals surface area contributed by atoms with Crippen molar-refractivity contribution in [3.63, 3.8) is 0 Å². The number of hydrogen-bond acceptors (Lipinski definition) is 8. The molecule has 8 rings (SSSR count). The molecule has 0 bridgehead atoms. The standard InChI is InChI=1S/C31H48O2.C26H38O2.C25H36O2.C23H32O2/c1-27(2,3)21-15-19(16-22(25(21)32)28(4,5)6)31(13,14)20-17-23(29(7,8)9)26(33)24(18-20)30(10,11)12;1-10-11-18(19-14-21(25(4,5)6)23(27)12-16(19)2)20-15-22(26(7,8)9)24(28)13-17(20)3;1-9-16-11-18(22(26)20(13-16)24(3,4)5)15-19-12-17(10-2)14-21(23(19)27)25(6,7)8;1-14-9-16(20(24)18(11-14)22(3,4)5)13-17-10-15(2)12-19(21(17)25)23(6,7)8/h15-18,32-33H,1-14H3;12-15,18,27-28H,10-11H2,1-9H3;11-14,26-27H,9-10,15H2,1-8H3;9-12,24-25H,13H2,1-8H3. The number of phenolic OH excluding ortho intramolecular Hbond substituents is 8. The Kier molecular flexibility index (Phi) is 29.3. The van der Waals surface area contributed by atoms with Gasteiger partial charge >= 0.3 is 0 Å². The Morgan fingerprint density at radius 3 is 0.690 bits per heavy atom. The van der Waals surface area contributed by atoms with Gasteiger partial charge in [0, 0.05) is 24.2 Å². The molecule has 0 saturated carbocycles. The van der Waals surface area contributed by atoms with Crippen LogP contribution in [0.4, 0.5) is 0 Å². The van der Waals surface area contributed by atoms with Gasteiger partial charge in [-0.1, -0.05) is 345 Å². The van der Waals surface area contributed by atoms with Gasteiger partial charge in [0.2, 0.25) is 0 Å². The summed E-state index contributed by atoms with van der Waals surface area (Å²) < 4.78 is 0. The highest BCUT2D eigenvalue weighted by molar-refractivity contribution is 5.60. The van der Waals surface area contributed by atoms with Crippen molar-refractivity contribution in [2.45, 2.75) is 374 Å². The smallest absolute Gasteiger partial charge is 0.123 e. The van der Waals surface area contributed by atoms with Gasteiger partial charge in [-0.2, -0.15) is 0 Å². The molecule has 8 heteroatoms. The normalized spacial score (nSPS) is 13.0. The van der Waals surface area contributed by atoms with Gasteiger partial charge in [-0.3, -0.25) is 0 Å². The monoisotopic (exact) mass is 1540 g/mol. The third-order valence-corrected chi connectivity index (χ3v) is 22.6. The third kappa shape index (κ3) is 23.5. The average molecular weight is 1540 g/mol. The van der Waals surface area contributed by atoms with Crippen molar-refractivity contribution in [2.24, 2.45) is 0 Å². The lowest BCUT2D eigenvalue weighted by Crippen LogP contribution is -2.26. The van der Waals surface area contributed by atoms with Gasteiger partial charge in [-0.15, -0.1) is 0 Å². The predicted octanol–water partition coefficient (Wildman–Crippen LogP) is 28.2. The van der Waals surface area contributed by atoms with Crippen molar-refractivity contribution in [1.82, 2.24) is 0 Å². The topological polar surface area (TPSA) is 162 Å². The van der Waals surface area contributed by atoms with Crippen LogP contribution >= 0.6 is 0 Å². The summed E-state index contributed by atoms with van der Waals surface area (Å²) in [7, 11) is 0. The van der Waals surface area contributed by atoms with Crippen molar-refractivity contribution < 1.29 is 40.9 Å².